The summed E-state index contributed by atoms with van der Waals surface area (Å²) in [5, 5.41) is 3.78. The van der Waals surface area contributed by atoms with Crippen LogP contribution in [0.15, 0.2) is 16.8 Å². The predicted molar refractivity (Wildman–Crippen MR) is 88.0 cm³/mol. The fourth-order valence-electron chi connectivity index (χ4n) is 2.81. The molecule has 1 aromatic rings. The number of rotatable bonds is 6. The van der Waals surface area contributed by atoms with Crippen LogP contribution in [0, 0.1) is 11.8 Å². The summed E-state index contributed by atoms with van der Waals surface area (Å²) in [4.78, 5) is 38.9. The number of piperidine rings is 1. The second-order valence-electron chi connectivity index (χ2n) is 5.95. The van der Waals surface area contributed by atoms with Crippen LogP contribution in [0.1, 0.15) is 45.1 Å². The van der Waals surface area contributed by atoms with Crippen LogP contribution in [0.5, 0.6) is 0 Å². The molecule has 23 heavy (non-hydrogen) atoms. The van der Waals surface area contributed by atoms with E-state index in [2.05, 4.69) is 0 Å². The first-order valence-corrected chi connectivity index (χ1v) is 8.96. The third kappa shape index (κ3) is 3.80. The molecule has 1 saturated heterocycles. The van der Waals surface area contributed by atoms with Gasteiger partial charge in [0.25, 0.3) is 0 Å². The molecular formula is C17H23NO4S. The van der Waals surface area contributed by atoms with Crippen molar-refractivity contribution in [1.82, 2.24) is 4.90 Å². The first-order chi connectivity index (χ1) is 11.0. The molecule has 0 N–H and O–H groups in total. The van der Waals surface area contributed by atoms with Crippen LogP contribution in [-0.4, -0.2) is 35.8 Å². The van der Waals surface area contributed by atoms with Crippen molar-refractivity contribution in [2.45, 2.75) is 39.5 Å². The highest BCUT2D eigenvalue weighted by Gasteiger charge is 2.47. The van der Waals surface area contributed by atoms with E-state index in [-0.39, 0.29) is 24.9 Å². The Morgan fingerprint density at radius 2 is 2.17 bits per heavy atom. The minimum atomic E-state index is -0.925. The number of carbonyl (C=O) groups excluding carboxylic acids is 3. The summed E-state index contributed by atoms with van der Waals surface area (Å²) in [7, 11) is 0. The Morgan fingerprint density at radius 1 is 1.43 bits per heavy atom. The quantitative estimate of drug-likeness (QED) is 0.455. The minimum Gasteiger partial charge on any atom is -0.465 e. The maximum atomic E-state index is 12.8. The van der Waals surface area contributed by atoms with Crippen molar-refractivity contribution >= 4 is 29.1 Å². The summed E-state index contributed by atoms with van der Waals surface area (Å²) in [6, 6.07) is 1.87. The summed E-state index contributed by atoms with van der Waals surface area (Å²) in [6.45, 7) is 6.30. The largest absolute Gasteiger partial charge is 0.465 e. The van der Waals surface area contributed by atoms with Crippen molar-refractivity contribution in [3.8, 4) is 0 Å². The third-order valence-corrected chi connectivity index (χ3v) is 5.03. The molecule has 0 aliphatic carbocycles. The zero-order valence-electron chi connectivity index (χ0n) is 13.8. The van der Waals surface area contributed by atoms with Crippen molar-refractivity contribution in [2.75, 3.05) is 13.2 Å². The summed E-state index contributed by atoms with van der Waals surface area (Å²) >= 11 is 1.49. The molecular weight excluding hydrogens is 314 g/mol. The first-order valence-electron chi connectivity index (χ1n) is 8.02. The summed E-state index contributed by atoms with van der Waals surface area (Å²) in [5.41, 5.74) is 0.859. The van der Waals surface area contributed by atoms with Crippen LogP contribution < -0.4 is 0 Å². The van der Waals surface area contributed by atoms with Gasteiger partial charge in [0, 0.05) is 18.9 Å². The van der Waals surface area contributed by atoms with E-state index >= 15 is 0 Å². The molecule has 1 aromatic heterocycles. The molecule has 3 atom stereocenters. The highest BCUT2D eigenvalue weighted by atomic mass is 32.1. The molecule has 2 rings (SSSR count). The Morgan fingerprint density at radius 3 is 2.74 bits per heavy atom. The number of ether oxygens (including phenoxy) is 1. The summed E-state index contributed by atoms with van der Waals surface area (Å²) in [5.74, 6) is -2.29. The maximum absolute atomic E-state index is 12.8. The lowest BCUT2D eigenvalue weighted by atomic mass is 9.80. The fourth-order valence-corrected chi connectivity index (χ4v) is 3.53. The molecule has 1 aliphatic heterocycles. The first kappa shape index (κ1) is 17.7. The van der Waals surface area contributed by atoms with E-state index in [9.17, 15) is 14.4 Å². The van der Waals surface area contributed by atoms with E-state index in [1.807, 2.05) is 30.7 Å². The number of thiophene rings is 1. The molecule has 3 unspecified atom stereocenters. The highest BCUT2D eigenvalue weighted by Crippen LogP contribution is 2.36. The van der Waals surface area contributed by atoms with Gasteiger partial charge in [0.05, 0.1) is 6.61 Å². The van der Waals surface area contributed by atoms with Gasteiger partial charge in [-0.05, 0) is 35.2 Å². The SMILES string of the molecule is CCOC(=O)C1C(=O)N(CC(C)CC)C(=O)CC1c1ccsc1. The number of nitrogens with zero attached hydrogens (tertiary/aromatic N) is 1. The fraction of sp³-hybridized carbons (Fsp3) is 0.588. The predicted octanol–water partition coefficient (Wildman–Crippen LogP) is 2.82. The number of esters is 1. The molecule has 0 spiro atoms. The van der Waals surface area contributed by atoms with E-state index in [0.29, 0.717) is 6.54 Å². The topological polar surface area (TPSA) is 63.7 Å². The molecule has 1 aliphatic rings. The van der Waals surface area contributed by atoms with Crippen molar-refractivity contribution in [1.29, 1.82) is 0 Å². The van der Waals surface area contributed by atoms with Crippen LogP contribution in [0.2, 0.25) is 0 Å². The zero-order valence-corrected chi connectivity index (χ0v) is 14.6. The summed E-state index contributed by atoms with van der Waals surface area (Å²) < 4.78 is 5.10. The molecule has 0 aromatic carbocycles. The van der Waals surface area contributed by atoms with Crippen LogP contribution in [-0.2, 0) is 19.1 Å². The zero-order chi connectivity index (χ0) is 17.0. The van der Waals surface area contributed by atoms with Crippen LogP contribution in [0.4, 0.5) is 0 Å². The van der Waals surface area contributed by atoms with E-state index in [0.717, 1.165) is 12.0 Å². The van der Waals surface area contributed by atoms with Gasteiger partial charge in [0.15, 0.2) is 0 Å². The standard InChI is InChI=1S/C17H23NO4S/c1-4-11(3)9-18-14(19)8-13(12-6-7-23-10-12)15(16(18)20)17(21)22-5-2/h6-7,10-11,13,15H,4-5,8-9H2,1-3H3. The average Bonchev–Trinajstić information content (AvgIpc) is 3.04. The summed E-state index contributed by atoms with van der Waals surface area (Å²) in [6.07, 6.45) is 1.04. The average molecular weight is 337 g/mol. The lowest BCUT2D eigenvalue weighted by Gasteiger charge is -2.36. The lowest BCUT2D eigenvalue weighted by Crippen LogP contribution is -2.52. The monoisotopic (exact) mass is 337 g/mol. The third-order valence-electron chi connectivity index (χ3n) is 4.33. The van der Waals surface area contributed by atoms with Gasteiger partial charge in [-0.1, -0.05) is 20.3 Å². The Hall–Kier alpha value is -1.69. The smallest absolute Gasteiger partial charge is 0.319 e. The van der Waals surface area contributed by atoms with Crippen LogP contribution in [0.3, 0.4) is 0 Å². The molecule has 0 bridgehead atoms. The Balaban J connectivity index is 2.30. The van der Waals surface area contributed by atoms with Gasteiger partial charge in [-0.15, -0.1) is 0 Å². The van der Waals surface area contributed by atoms with E-state index < -0.39 is 23.7 Å². The van der Waals surface area contributed by atoms with Gasteiger partial charge < -0.3 is 4.74 Å². The van der Waals surface area contributed by atoms with Crippen molar-refractivity contribution in [3.05, 3.63) is 22.4 Å². The molecule has 2 amide bonds. The maximum Gasteiger partial charge on any atom is 0.319 e. The molecule has 5 nitrogen and oxygen atoms in total. The minimum absolute atomic E-state index is 0.169. The van der Waals surface area contributed by atoms with Crippen LogP contribution in [0.25, 0.3) is 0 Å². The van der Waals surface area contributed by atoms with E-state index in [1.165, 1.54) is 16.2 Å². The van der Waals surface area contributed by atoms with Crippen LogP contribution >= 0.6 is 11.3 Å². The van der Waals surface area contributed by atoms with Gasteiger partial charge in [-0.3, -0.25) is 19.3 Å². The number of imide groups is 1. The van der Waals surface area contributed by atoms with Gasteiger partial charge >= 0.3 is 5.97 Å². The van der Waals surface area contributed by atoms with Crippen molar-refractivity contribution < 1.29 is 19.1 Å². The number of hydrogen-bond acceptors (Lipinski definition) is 5. The number of carbonyl (C=O) groups is 3. The molecule has 126 valence electrons. The highest BCUT2D eigenvalue weighted by molar-refractivity contribution is 7.08. The van der Waals surface area contributed by atoms with Gasteiger partial charge in [-0.25, -0.2) is 0 Å². The molecule has 1 fully saturated rings. The van der Waals surface area contributed by atoms with Crippen molar-refractivity contribution in [2.24, 2.45) is 11.8 Å². The number of likely N-dealkylation sites (tertiary alicyclic amines) is 1. The molecule has 6 heteroatoms. The van der Waals surface area contributed by atoms with Gasteiger partial charge in [0.1, 0.15) is 5.92 Å². The molecule has 0 radical (unpaired) electrons. The second kappa shape index (κ2) is 7.73. The van der Waals surface area contributed by atoms with E-state index in [1.54, 1.807) is 6.92 Å². The Labute approximate surface area is 140 Å². The van der Waals surface area contributed by atoms with Crippen molar-refractivity contribution in [3.63, 3.8) is 0 Å². The number of hydrogen-bond donors (Lipinski definition) is 0. The Bertz CT molecular complexity index is 569. The molecule has 2 heterocycles. The molecule has 0 saturated carbocycles. The van der Waals surface area contributed by atoms with Gasteiger partial charge in [0.2, 0.25) is 11.8 Å². The second-order valence-corrected chi connectivity index (χ2v) is 6.73. The number of amides is 2. The lowest BCUT2D eigenvalue weighted by molar-refractivity contribution is -0.163. The normalized spacial score (nSPS) is 23.0. The van der Waals surface area contributed by atoms with Gasteiger partial charge in [-0.2, -0.15) is 11.3 Å². The van der Waals surface area contributed by atoms with E-state index in [4.69, 9.17) is 4.74 Å². The Kier molecular flexibility index (Phi) is 5.93.